The number of fused-ring (bicyclic) bond motifs is 1. The number of likely N-dealkylation sites (N-methyl/N-ethyl adjacent to an activating group) is 1. The van der Waals surface area contributed by atoms with Gasteiger partial charge in [0.05, 0.1) is 19.7 Å². The highest BCUT2D eigenvalue weighted by Gasteiger charge is 2.35. The maximum atomic E-state index is 12.6. The van der Waals surface area contributed by atoms with Crippen molar-refractivity contribution >= 4 is 10.9 Å². The Morgan fingerprint density at radius 2 is 1.85 bits per heavy atom. The van der Waals surface area contributed by atoms with Crippen molar-refractivity contribution < 1.29 is 9.47 Å². The largest absolute Gasteiger partial charge is 0.493 e. The van der Waals surface area contributed by atoms with Crippen LogP contribution in [-0.2, 0) is 6.54 Å². The Kier molecular flexibility index (Phi) is 4.99. The lowest BCUT2D eigenvalue weighted by Crippen LogP contribution is -2.60. The number of pyridine rings is 1. The van der Waals surface area contributed by atoms with Crippen molar-refractivity contribution in [1.82, 2.24) is 14.8 Å². The summed E-state index contributed by atoms with van der Waals surface area (Å²) in [5.41, 5.74) is 1.57. The molecule has 2 heterocycles. The molecule has 1 aliphatic rings. The summed E-state index contributed by atoms with van der Waals surface area (Å²) in [5.74, 6) is 1.27. The van der Waals surface area contributed by atoms with Crippen LogP contribution >= 0.6 is 0 Å². The van der Waals surface area contributed by atoms with Crippen LogP contribution in [-0.4, -0.2) is 60.7 Å². The summed E-state index contributed by atoms with van der Waals surface area (Å²) in [6, 6.07) is 6.08. The Morgan fingerprint density at radius 1 is 1.19 bits per heavy atom. The second-order valence-corrected chi connectivity index (χ2v) is 7.87. The van der Waals surface area contributed by atoms with Crippen LogP contribution in [0.5, 0.6) is 11.5 Å². The number of aromatic nitrogens is 1. The average molecular weight is 359 g/mol. The number of benzene rings is 1. The molecule has 3 rings (SSSR count). The number of methoxy groups -OCH3 is 2. The van der Waals surface area contributed by atoms with Crippen LogP contribution in [0.25, 0.3) is 10.9 Å². The molecule has 26 heavy (non-hydrogen) atoms. The minimum atomic E-state index is -0.0475. The molecule has 0 spiro atoms. The number of piperazine rings is 1. The molecule has 1 aromatic carbocycles. The van der Waals surface area contributed by atoms with Crippen molar-refractivity contribution in [2.24, 2.45) is 0 Å². The van der Waals surface area contributed by atoms with Crippen molar-refractivity contribution in [2.75, 3.05) is 34.4 Å². The van der Waals surface area contributed by atoms with Gasteiger partial charge in [0, 0.05) is 48.2 Å². The third-order valence-corrected chi connectivity index (χ3v) is 5.58. The molecule has 1 saturated heterocycles. The molecule has 1 aliphatic heterocycles. The van der Waals surface area contributed by atoms with Gasteiger partial charge < -0.3 is 14.5 Å². The fraction of sp³-hybridized carbons (Fsp3) is 0.550. The summed E-state index contributed by atoms with van der Waals surface area (Å²) >= 11 is 0. The molecule has 0 saturated carbocycles. The minimum absolute atomic E-state index is 0.0475. The maximum Gasteiger partial charge on any atom is 0.252 e. The fourth-order valence-corrected chi connectivity index (χ4v) is 3.66. The number of hydrogen-bond donors (Lipinski definition) is 1. The van der Waals surface area contributed by atoms with Gasteiger partial charge in [0.15, 0.2) is 11.5 Å². The molecular weight excluding hydrogens is 330 g/mol. The molecule has 1 atom stereocenters. The Hall–Kier alpha value is -2.05. The predicted molar refractivity (Wildman–Crippen MR) is 104 cm³/mol. The van der Waals surface area contributed by atoms with E-state index >= 15 is 0 Å². The minimum Gasteiger partial charge on any atom is -0.493 e. The fourth-order valence-electron chi connectivity index (χ4n) is 3.66. The number of nitrogens with zero attached hydrogens (tertiary/aromatic N) is 2. The van der Waals surface area contributed by atoms with Crippen molar-refractivity contribution in [3.8, 4) is 11.5 Å². The molecule has 0 radical (unpaired) electrons. The lowest BCUT2D eigenvalue weighted by Gasteiger charge is -2.48. The standard InChI is InChI=1S/C20H29N3O3/c1-13-10-22(4)20(2,3)12-23(13)11-15-7-14-8-17(25-5)18(26-6)9-16(14)21-19(15)24/h7-9,13H,10-12H2,1-6H3,(H,21,24)/t13-/m0/s1. The van der Waals surface area contributed by atoms with Crippen LogP contribution in [0.2, 0.25) is 0 Å². The summed E-state index contributed by atoms with van der Waals surface area (Å²) < 4.78 is 10.7. The third kappa shape index (κ3) is 3.44. The molecule has 1 aromatic heterocycles. The van der Waals surface area contributed by atoms with E-state index in [1.165, 1.54) is 0 Å². The van der Waals surface area contributed by atoms with Crippen LogP contribution < -0.4 is 15.0 Å². The highest BCUT2D eigenvalue weighted by atomic mass is 16.5. The lowest BCUT2D eigenvalue weighted by molar-refractivity contribution is 0.000577. The third-order valence-electron chi connectivity index (χ3n) is 5.58. The average Bonchev–Trinajstić information content (AvgIpc) is 2.59. The Balaban J connectivity index is 1.95. The Morgan fingerprint density at radius 3 is 2.50 bits per heavy atom. The van der Waals surface area contributed by atoms with E-state index in [0.29, 0.717) is 24.1 Å². The second kappa shape index (κ2) is 6.93. The van der Waals surface area contributed by atoms with Crippen LogP contribution in [0.1, 0.15) is 26.3 Å². The first-order chi connectivity index (χ1) is 12.2. The number of nitrogens with one attached hydrogen (secondary N) is 1. The summed E-state index contributed by atoms with van der Waals surface area (Å²) in [5, 5.41) is 0.943. The molecule has 142 valence electrons. The van der Waals surface area contributed by atoms with Gasteiger partial charge in [-0.25, -0.2) is 0 Å². The van der Waals surface area contributed by atoms with Gasteiger partial charge in [-0.3, -0.25) is 14.6 Å². The van der Waals surface area contributed by atoms with Crippen molar-refractivity contribution in [3.63, 3.8) is 0 Å². The Bertz CT molecular complexity index is 859. The normalized spacial score (nSPS) is 21.1. The van der Waals surface area contributed by atoms with Gasteiger partial charge in [0.2, 0.25) is 0 Å². The van der Waals surface area contributed by atoms with Gasteiger partial charge >= 0.3 is 0 Å². The SMILES string of the molecule is COc1cc2cc(CN3CC(C)(C)N(C)C[C@@H]3C)c(=O)[nH]c2cc1OC. The first-order valence-corrected chi connectivity index (χ1v) is 8.98. The quantitative estimate of drug-likeness (QED) is 0.909. The zero-order valence-corrected chi connectivity index (χ0v) is 16.5. The molecule has 0 bridgehead atoms. The van der Waals surface area contributed by atoms with E-state index in [-0.39, 0.29) is 11.1 Å². The smallest absolute Gasteiger partial charge is 0.252 e. The first-order valence-electron chi connectivity index (χ1n) is 8.98. The van der Waals surface area contributed by atoms with E-state index in [1.54, 1.807) is 20.3 Å². The number of ether oxygens (including phenoxy) is 2. The van der Waals surface area contributed by atoms with E-state index in [2.05, 4.69) is 42.6 Å². The molecular formula is C20H29N3O3. The lowest BCUT2D eigenvalue weighted by atomic mass is 9.96. The van der Waals surface area contributed by atoms with Gasteiger partial charge in [0.25, 0.3) is 5.56 Å². The number of aromatic amines is 1. The van der Waals surface area contributed by atoms with Crippen LogP contribution in [0.15, 0.2) is 23.0 Å². The van der Waals surface area contributed by atoms with Gasteiger partial charge in [-0.2, -0.15) is 0 Å². The molecule has 2 aromatic rings. The highest BCUT2D eigenvalue weighted by Crippen LogP contribution is 2.31. The van der Waals surface area contributed by atoms with E-state index in [0.717, 1.165) is 29.6 Å². The monoisotopic (exact) mass is 359 g/mol. The van der Waals surface area contributed by atoms with E-state index in [9.17, 15) is 4.79 Å². The highest BCUT2D eigenvalue weighted by molar-refractivity contribution is 5.83. The zero-order valence-electron chi connectivity index (χ0n) is 16.5. The van der Waals surface area contributed by atoms with Crippen molar-refractivity contribution in [3.05, 3.63) is 34.1 Å². The molecule has 0 amide bonds. The molecule has 6 heteroatoms. The molecule has 0 unspecified atom stereocenters. The summed E-state index contributed by atoms with van der Waals surface area (Å²) in [6.45, 7) is 9.26. The topological polar surface area (TPSA) is 57.8 Å². The number of H-pyrrole nitrogens is 1. The van der Waals surface area contributed by atoms with Gasteiger partial charge in [-0.15, -0.1) is 0 Å². The van der Waals surface area contributed by atoms with E-state index in [4.69, 9.17) is 9.47 Å². The Labute approximate surface area is 154 Å². The van der Waals surface area contributed by atoms with Crippen molar-refractivity contribution in [2.45, 2.75) is 38.9 Å². The van der Waals surface area contributed by atoms with Crippen molar-refractivity contribution in [1.29, 1.82) is 0 Å². The molecule has 1 fully saturated rings. The van der Waals surface area contributed by atoms with Gasteiger partial charge in [0.1, 0.15) is 0 Å². The predicted octanol–water partition coefficient (Wildman–Crippen LogP) is 2.46. The van der Waals surface area contributed by atoms with Crippen LogP contribution in [0, 0.1) is 0 Å². The molecule has 1 N–H and O–H groups in total. The second-order valence-electron chi connectivity index (χ2n) is 7.87. The first kappa shape index (κ1) is 18.7. The van der Waals surface area contributed by atoms with Crippen LogP contribution in [0.3, 0.4) is 0 Å². The van der Waals surface area contributed by atoms with E-state index < -0.39 is 0 Å². The molecule has 0 aliphatic carbocycles. The number of rotatable bonds is 4. The summed E-state index contributed by atoms with van der Waals surface area (Å²) in [4.78, 5) is 20.4. The zero-order chi connectivity index (χ0) is 19.1. The van der Waals surface area contributed by atoms with Gasteiger partial charge in [-0.1, -0.05) is 0 Å². The summed E-state index contributed by atoms with van der Waals surface area (Å²) in [6.07, 6.45) is 0. The number of hydrogen-bond acceptors (Lipinski definition) is 5. The molecule has 6 nitrogen and oxygen atoms in total. The summed E-state index contributed by atoms with van der Waals surface area (Å²) in [7, 11) is 5.37. The van der Waals surface area contributed by atoms with Gasteiger partial charge in [-0.05, 0) is 40.0 Å². The van der Waals surface area contributed by atoms with E-state index in [1.807, 2.05) is 12.1 Å². The van der Waals surface area contributed by atoms with Crippen LogP contribution in [0.4, 0.5) is 0 Å². The maximum absolute atomic E-state index is 12.6.